The van der Waals surface area contributed by atoms with Gasteiger partial charge in [-0.2, -0.15) is 5.06 Å². The predicted octanol–water partition coefficient (Wildman–Crippen LogP) is -2.66. The average molecular weight is 512 g/mol. The zero-order valence-electron chi connectivity index (χ0n) is 21.3. The zero-order chi connectivity index (χ0) is 23.0. The summed E-state index contributed by atoms with van der Waals surface area (Å²) in [6, 6.07) is 7.66. The maximum Gasteiger partial charge on any atom is 1.00 e. The van der Waals surface area contributed by atoms with Crippen molar-refractivity contribution in [3.8, 4) is 0 Å². The van der Waals surface area contributed by atoms with Crippen molar-refractivity contribution in [1.29, 1.82) is 0 Å². The number of benzene rings is 1. The van der Waals surface area contributed by atoms with Gasteiger partial charge in [0.2, 0.25) is 0 Å². The Kier molecular flexibility index (Phi) is 24.9. The SMILES string of the molecule is CCCCCCCCN(CCCCCCCC)OC(C(=O)[O-])(C(=O)[O-])c1ccccc1.[K+].[K+]. The minimum absolute atomic E-state index is 0. The molecule has 0 atom stereocenters. The molecule has 0 fully saturated rings. The number of hydrogen-bond acceptors (Lipinski definition) is 6. The molecule has 1 rings (SSSR count). The maximum absolute atomic E-state index is 12.0. The molecule has 8 heteroatoms. The Morgan fingerprint density at radius 3 is 1.52 bits per heavy atom. The van der Waals surface area contributed by atoms with Gasteiger partial charge in [0.1, 0.15) is 0 Å². The van der Waals surface area contributed by atoms with Crippen LogP contribution in [0.5, 0.6) is 0 Å². The van der Waals surface area contributed by atoms with Gasteiger partial charge in [0.05, 0.1) is 11.9 Å². The largest absolute Gasteiger partial charge is 1.00 e. The Bertz CT molecular complexity index is 600. The van der Waals surface area contributed by atoms with Crippen LogP contribution in [-0.2, 0) is 20.0 Å². The summed E-state index contributed by atoms with van der Waals surface area (Å²) in [5, 5.41) is 25.5. The van der Waals surface area contributed by atoms with Gasteiger partial charge < -0.3 is 19.8 Å². The van der Waals surface area contributed by atoms with E-state index in [0.717, 1.165) is 38.5 Å². The topological polar surface area (TPSA) is 92.7 Å². The number of carbonyl (C=O) groups excluding carboxylic acids is 2. The van der Waals surface area contributed by atoms with E-state index >= 15 is 0 Å². The number of carboxylic acid groups (broad SMARTS) is 2. The van der Waals surface area contributed by atoms with Crippen molar-refractivity contribution in [3.63, 3.8) is 0 Å². The number of hydrogen-bond donors (Lipinski definition) is 0. The third kappa shape index (κ3) is 14.0. The molecule has 0 aliphatic heterocycles. The molecule has 0 aromatic heterocycles. The maximum atomic E-state index is 12.0. The van der Waals surface area contributed by atoms with Crippen molar-refractivity contribution in [3.05, 3.63) is 35.9 Å². The van der Waals surface area contributed by atoms with Crippen molar-refractivity contribution in [2.75, 3.05) is 13.1 Å². The predicted molar refractivity (Wildman–Crippen MR) is 118 cm³/mol. The molecular formula is C25H39K2NO5. The van der Waals surface area contributed by atoms with Crippen LogP contribution < -0.4 is 113 Å². The van der Waals surface area contributed by atoms with E-state index in [1.54, 1.807) is 18.2 Å². The molecule has 33 heavy (non-hydrogen) atoms. The Morgan fingerprint density at radius 1 is 0.727 bits per heavy atom. The van der Waals surface area contributed by atoms with Crippen LogP contribution in [-0.4, -0.2) is 30.1 Å². The average Bonchev–Trinajstić information content (AvgIpc) is 2.76. The molecule has 1 aromatic rings. The van der Waals surface area contributed by atoms with Crippen LogP contribution in [0.25, 0.3) is 0 Å². The van der Waals surface area contributed by atoms with Gasteiger partial charge in [-0.3, -0.25) is 4.84 Å². The summed E-state index contributed by atoms with van der Waals surface area (Å²) in [5.74, 6) is -3.65. The molecule has 0 N–H and O–H groups in total. The van der Waals surface area contributed by atoms with E-state index in [4.69, 9.17) is 4.84 Å². The van der Waals surface area contributed by atoms with Gasteiger partial charge >= 0.3 is 103 Å². The fourth-order valence-corrected chi connectivity index (χ4v) is 3.65. The number of hydroxylamine groups is 2. The summed E-state index contributed by atoms with van der Waals surface area (Å²) in [6.07, 6.45) is 12.9. The molecule has 0 unspecified atom stereocenters. The second-order valence-corrected chi connectivity index (χ2v) is 8.18. The fraction of sp³-hybridized carbons (Fsp3) is 0.680. The van der Waals surface area contributed by atoms with Gasteiger partial charge in [-0.05, 0) is 18.4 Å². The number of carboxylic acids is 2. The van der Waals surface area contributed by atoms with Gasteiger partial charge in [0, 0.05) is 13.1 Å². The van der Waals surface area contributed by atoms with E-state index in [0.29, 0.717) is 13.1 Å². The van der Waals surface area contributed by atoms with Gasteiger partial charge in [0.25, 0.3) is 0 Å². The van der Waals surface area contributed by atoms with Crippen LogP contribution in [0.4, 0.5) is 0 Å². The first-order valence-corrected chi connectivity index (χ1v) is 11.9. The van der Waals surface area contributed by atoms with Gasteiger partial charge in [-0.25, -0.2) is 0 Å². The van der Waals surface area contributed by atoms with Crippen LogP contribution in [0.3, 0.4) is 0 Å². The smallest absolute Gasteiger partial charge is 0.546 e. The molecule has 0 saturated heterocycles. The van der Waals surface area contributed by atoms with Gasteiger partial charge in [0.15, 0.2) is 5.60 Å². The summed E-state index contributed by atoms with van der Waals surface area (Å²) < 4.78 is 0. The van der Waals surface area contributed by atoms with Crippen molar-refractivity contribution in [2.24, 2.45) is 0 Å². The van der Waals surface area contributed by atoms with Crippen LogP contribution in [0.15, 0.2) is 30.3 Å². The first-order chi connectivity index (χ1) is 15.0. The third-order valence-electron chi connectivity index (χ3n) is 5.54. The molecule has 0 aliphatic carbocycles. The molecule has 1 aromatic carbocycles. The van der Waals surface area contributed by atoms with Gasteiger partial charge in [-0.15, -0.1) is 0 Å². The summed E-state index contributed by atoms with van der Waals surface area (Å²) in [4.78, 5) is 29.7. The number of carbonyl (C=O) groups is 2. The Labute approximate surface area is 285 Å². The van der Waals surface area contributed by atoms with Crippen LogP contribution >= 0.6 is 0 Å². The molecule has 0 heterocycles. The summed E-state index contributed by atoms with van der Waals surface area (Å²) in [5.41, 5.74) is -2.67. The first kappa shape index (κ1) is 36.5. The molecule has 176 valence electrons. The first-order valence-electron chi connectivity index (χ1n) is 11.9. The monoisotopic (exact) mass is 511 g/mol. The third-order valence-corrected chi connectivity index (χ3v) is 5.54. The van der Waals surface area contributed by atoms with E-state index in [2.05, 4.69) is 13.8 Å². The Balaban J connectivity index is 0. The second-order valence-electron chi connectivity index (χ2n) is 8.18. The van der Waals surface area contributed by atoms with E-state index in [1.807, 2.05) is 0 Å². The summed E-state index contributed by atoms with van der Waals surface area (Å²) in [7, 11) is 0. The molecule has 0 spiro atoms. The normalized spacial score (nSPS) is 11.0. The van der Waals surface area contributed by atoms with Crippen LogP contribution in [0, 0.1) is 0 Å². The number of unbranched alkanes of at least 4 members (excludes halogenated alkanes) is 10. The number of rotatable bonds is 19. The Hall–Kier alpha value is 1.35. The van der Waals surface area contributed by atoms with Crippen molar-refractivity contribution in [1.82, 2.24) is 5.06 Å². The molecule has 0 radical (unpaired) electrons. The number of nitrogens with zero attached hydrogens (tertiary/aromatic N) is 1. The van der Waals surface area contributed by atoms with E-state index in [9.17, 15) is 19.8 Å². The van der Waals surface area contributed by atoms with Crippen molar-refractivity contribution < 1.29 is 127 Å². The minimum Gasteiger partial charge on any atom is -0.546 e. The fourth-order valence-electron chi connectivity index (χ4n) is 3.65. The minimum atomic E-state index is -2.66. The molecule has 6 nitrogen and oxygen atoms in total. The standard InChI is InChI=1S/C25H41NO5.2K/c1-3-5-7-9-11-16-20-26(21-17-12-10-8-6-4-2)31-25(23(27)28,24(29)30)22-18-14-13-15-19-22;;/h13-15,18-19H,3-12,16-17,20-21H2,1-2H3,(H,27,28)(H,29,30);;/q;2*+1/p-2. The number of aliphatic carboxylic acids is 2. The molecule has 0 amide bonds. The van der Waals surface area contributed by atoms with Crippen molar-refractivity contribution >= 4 is 11.9 Å². The van der Waals surface area contributed by atoms with Crippen LogP contribution in [0.2, 0.25) is 0 Å². The van der Waals surface area contributed by atoms with E-state index < -0.39 is 17.5 Å². The van der Waals surface area contributed by atoms with E-state index in [1.165, 1.54) is 55.7 Å². The zero-order valence-corrected chi connectivity index (χ0v) is 27.5. The Morgan fingerprint density at radius 2 is 1.12 bits per heavy atom. The van der Waals surface area contributed by atoms with E-state index in [-0.39, 0.29) is 108 Å². The summed E-state index contributed by atoms with van der Waals surface area (Å²) in [6.45, 7) is 5.27. The van der Waals surface area contributed by atoms with Crippen molar-refractivity contribution in [2.45, 2.75) is 96.5 Å². The molecule has 0 bridgehead atoms. The van der Waals surface area contributed by atoms with Gasteiger partial charge in [-0.1, -0.05) is 108 Å². The molecule has 0 aliphatic rings. The second kappa shape index (κ2) is 22.5. The quantitative estimate of drug-likeness (QED) is 0.0872. The molecule has 0 saturated carbocycles. The summed E-state index contributed by atoms with van der Waals surface area (Å²) >= 11 is 0. The van der Waals surface area contributed by atoms with Crippen LogP contribution in [0.1, 0.15) is 96.5 Å². The molecular weight excluding hydrogens is 472 g/mol.